The number of aromatic nitrogens is 3. The molecule has 2 saturated carbocycles. The van der Waals surface area contributed by atoms with E-state index in [4.69, 9.17) is 10.7 Å². The van der Waals surface area contributed by atoms with Crippen molar-refractivity contribution in [2.75, 3.05) is 18.0 Å². The second-order valence-electron chi connectivity index (χ2n) is 12.2. The molecule has 0 aliphatic heterocycles. The van der Waals surface area contributed by atoms with Crippen LogP contribution in [-0.2, 0) is 27.8 Å². The molecule has 2 bridgehead atoms. The van der Waals surface area contributed by atoms with Crippen molar-refractivity contribution in [2.45, 2.75) is 85.6 Å². The molecule has 38 heavy (non-hydrogen) atoms. The lowest BCUT2D eigenvalue weighted by molar-refractivity contribution is -0.128. The number of nitrogens with one attached hydrogen (secondary N) is 1. The Labute approximate surface area is 225 Å². The average molecular weight is 540 g/mol. The molecule has 2 atom stereocenters. The molecule has 8 nitrogen and oxygen atoms in total. The van der Waals surface area contributed by atoms with Gasteiger partial charge in [-0.25, -0.2) is 23.1 Å². The first-order chi connectivity index (χ1) is 17.9. The standard InChI is InChI=1S/C29H41N5O3S/c1-5-6-13-23-33-24-25(20-11-7-8-12-21(20)32-26(24)30)34(23)17-10-9-16-31-38(36,37)19-29-15-14-28(4,18-22(29)35)27(29,2)3/h7-8,11-12,31H,5-6,9-10,13-19H2,1-4H3,(H2,30,32)/t28-,29?/m1/s1. The Balaban J connectivity index is 1.28. The van der Waals surface area contributed by atoms with Gasteiger partial charge >= 0.3 is 0 Å². The molecule has 3 aromatic rings. The molecule has 9 heteroatoms. The van der Waals surface area contributed by atoms with E-state index in [2.05, 4.69) is 48.0 Å². The van der Waals surface area contributed by atoms with Gasteiger partial charge in [-0.1, -0.05) is 52.3 Å². The summed E-state index contributed by atoms with van der Waals surface area (Å²) in [6.45, 7) is 9.54. The first-order valence-corrected chi connectivity index (χ1v) is 15.6. The van der Waals surface area contributed by atoms with Crippen LogP contribution in [0.25, 0.3) is 21.9 Å². The van der Waals surface area contributed by atoms with E-state index in [0.717, 1.165) is 66.4 Å². The summed E-state index contributed by atoms with van der Waals surface area (Å²) in [5.74, 6) is 1.45. The summed E-state index contributed by atoms with van der Waals surface area (Å²) in [5.41, 5.74) is 7.70. The number of rotatable bonds is 11. The van der Waals surface area contributed by atoms with Gasteiger partial charge in [0.05, 0.1) is 16.8 Å². The van der Waals surface area contributed by atoms with Crippen molar-refractivity contribution >= 4 is 43.6 Å². The van der Waals surface area contributed by atoms with Gasteiger partial charge in [0.25, 0.3) is 0 Å². The highest BCUT2D eigenvalue weighted by Crippen LogP contribution is 2.70. The number of hydrogen-bond donors (Lipinski definition) is 2. The number of hydrogen-bond acceptors (Lipinski definition) is 6. The van der Waals surface area contributed by atoms with Crippen LogP contribution in [0.4, 0.5) is 5.82 Å². The number of carbonyl (C=O) groups is 1. The van der Waals surface area contributed by atoms with Crippen molar-refractivity contribution in [1.29, 1.82) is 0 Å². The zero-order valence-electron chi connectivity index (χ0n) is 23.1. The summed E-state index contributed by atoms with van der Waals surface area (Å²) in [6, 6.07) is 7.97. The molecule has 1 aromatic carbocycles. The third-order valence-corrected chi connectivity index (χ3v) is 11.4. The van der Waals surface area contributed by atoms with E-state index < -0.39 is 15.4 Å². The van der Waals surface area contributed by atoms with E-state index in [-0.39, 0.29) is 22.4 Å². The van der Waals surface area contributed by atoms with Gasteiger partial charge < -0.3 is 10.3 Å². The number of benzene rings is 1. The van der Waals surface area contributed by atoms with Crippen LogP contribution < -0.4 is 10.5 Å². The number of nitrogens with two attached hydrogens (primary N) is 1. The van der Waals surface area contributed by atoms with E-state index in [1.165, 1.54) is 0 Å². The molecule has 0 radical (unpaired) electrons. The summed E-state index contributed by atoms with van der Waals surface area (Å²) in [6.07, 6.45) is 6.50. The van der Waals surface area contributed by atoms with Crippen molar-refractivity contribution in [3.8, 4) is 0 Å². The number of fused-ring (bicyclic) bond motifs is 5. The molecule has 3 N–H and O–H groups in total. The number of carbonyl (C=O) groups excluding carboxylic acids is 1. The first-order valence-electron chi connectivity index (χ1n) is 14.0. The van der Waals surface area contributed by atoms with Crippen molar-refractivity contribution in [2.24, 2.45) is 16.2 Å². The molecule has 206 valence electrons. The normalized spacial score (nSPS) is 24.7. The van der Waals surface area contributed by atoms with Gasteiger partial charge in [-0.3, -0.25) is 4.79 Å². The zero-order valence-corrected chi connectivity index (χ0v) is 24.0. The lowest BCUT2D eigenvalue weighted by atomic mass is 9.66. The molecule has 0 saturated heterocycles. The van der Waals surface area contributed by atoms with E-state index >= 15 is 0 Å². The molecular weight excluding hydrogens is 498 g/mol. The fraction of sp³-hybridized carbons (Fsp3) is 0.621. The number of unbranched alkanes of at least 4 members (excludes halogenated alkanes) is 2. The van der Waals surface area contributed by atoms with Crippen LogP contribution >= 0.6 is 0 Å². The summed E-state index contributed by atoms with van der Waals surface area (Å²) < 4.78 is 31.3. The number of ketones is 1. The van der Waals surface area contributed by atoms with Gasteiger partial charge in [-0.2, -0.15) is 0 Å². The predicted molar refractivity (Wildman–Crippen MR) is 152 cm³/mol. The summed E-state index contributed by atoms with van der Waals surface area (Å²) in [7, 11) is -3.58. The molecule has 0 amide bonds. The smallest absolute Gasteiger partial charge is 0.212 e. The highest BCUT2D eigenvalue weighted by atomic mass is 32.2. The molecule has 1 unspecified atom stereocenters. The number of aryl methyl sites for hydroxylation is 2. The molecule has 2 heterocycles. The molecular formula is C29H41N5O3S. The van der Waals surface area contributed by atoms with E-state index in [1.807, 2.05) is 18.2 Å². The Morgan fingerprint density at radius 2 is 1.84 bits per heavy atom. The monoisotopic (exact) mass is 539 g/mol. The van der Waals surface area contributed by atoms with Crippen LogP contribution in [0.3, 0.4) is 0 Å². The van der Waals surface area contributed by atoms with Crippen LogP contribution in [0, 0.1) is 16.2 Å². The Morgan fingerprint density at radius 1 is 1.08 bits per heavy atom. The third kappa shape index (κ3) is 4.22. The summed E-state index contributed by atoms with van der Waals surface area (Å²) in [5, 5.41) is 1.03. The number of nitrogens with zero attached hydrogens (tertiary/aromatic N) is 3. The Kier molecular flexibility index (Phi) is 6.83. The maximum Gasteiger partial charge on any atom is 0.212 e. The highest BCUT2D eigenvalue weighted by Gasteiger charge is 2.70. The fourth-order valence-electron chi connectivity index (χ4n) is 7.02. The van der Waals surface area contributed by atoms with E-state index in [9.17, 15) is 13.2 Å². The largest absolute Gasteiger partial charge is 0.382 e. The van der Waals surface area contributed by atoms with Crippen LogP contribution in [0.15, 0.2) is 24.3 Å². The second kappa shape index (κ2) is 9.59. The third-order valence-electron chi connectivity index (χ3n) is 9.90. The highest BCUT2D eigenvalue weighted by molar-refractivity contribution is 7.89. The van der Waals surface area contributed by atoms with Gasteiger partial charge in [-0.15, -0.1) is 0 Å². The summed E-state index contributed by atoms with van der Waals surface area (Å²) >= 11 is 0. The van der Waals surface area contributed by atoms with Gasteiger partial charge in [0, 0.05) is 36.7 Å². The van der Waals surface area contributed by atoms with Gasteiger partial charge in [0.2, 0.25) is 10.0 Å². The van der Waals surface area contributed by atoms with E-state index in [0.29, 0.717) is 31.6 Å². The quantitative estimate of drug-likeness (QED) is 0.331. The second-order valence-corrected chi connectivity index (χ2v) is 14.0. The van der Waals surface area contributed by atoms with Crippen molar-refractivity contribution in [1.82, 2.24) is 19.3 Å². The first kappa shape index (κ1) is 27.1. The van der Waals surface area contributed by atoms with Gasteiger partial charge in [-0.05, 0) is 49.0 Å². The van der Waals surface area contributed by atoms with Crippen LogP contribution in [0.1, 0.15) is 78.5 Å². The summed E-state index contributed by atoms with van der Waals surface area (Å²) in [4.78, 5) is 22.4. The minimum atomic E-state index is -3.58. The van der Waals surface area contributed by atoms with Gasteiger partial charge in [0.1, 0.15) is 17.1 Å². The number of para-hydroxylation sites is 1. The molecule has 2 aliphatic rings. The maximum atomic E-state index is 13.1. The topological polar surface area (TPSA) is 120 Å². The molecule has 2 fully saturated rings. The molecule has 2 aromatic heterocycles. The average Bonchev–Trinajstić information content (AvgIpc) is 3.36. The minimum absolute atomic E-state index is 0.104. The molecule has 5 rings (SSSR count). The van der Waals surface area contributed by atoms with Crippen molar-refractivity contribution in [3.05, 3.63) is 30.1 Å². The van der Waals surface area contributed by atoms with Crippen molar-refractivity contribution < 1.29 is 13.2 Å². The lowest BCUT2D eigenvalue weighted by Gasteiger charge is -2.39. The van der Waals surface area contributed by atoms with Crippen LogP contribution in [0.2, 0.25) is 0 Å². The number of anilines is 1. The number of imidazole rings is 1. The molecule has 0 spiro atoms. The Hall–Kier alpha value is -2.52. The van der Waals surface area contributed by atoms with E-state index in [1.54, 1.807) is 0 Å². The number of nitrogen functional groups attached to an aromatic ring is 1. The predicted octanol–water partition coefficient (Wildman–Crippen LogP) is 4.99. The van der Waals surface area contributed by atoms with Crippen molar-refractivity contribution in [3.63, 3.8) is 0 Å². The lowest BCUT2D eigenvalue weighted by Crippen LogP contribution is -2.46. The van der Waals surface area contributed by atoms with Crippen LogP contribution in [0.5, 0.6) is 0 Å². The van der Waals surface area contributed by atoms with Gasteiger partial charge in [0.15, 0.2) is 5.82 Å². The Bertz CT molecular complexity index is 1490. The number of pyridine rings is 1. The van der Waals surface area contributed by atoms with Crippen LogP contribution in [-0.4, -0.2) is 41.0 Å². The fourth-order valence-corrected chi connectivity index (χ4v) is 8.89. The Morgan fingerprint density at radius 3 is 2.53 bits per heavy atom. The molecule has 2 aliphatic carbocycles. The number of sulfonamides is 1. The zero-order chi connectivity index (χ0) is 27.3. The number of Topliss-reactive ketones (excluding diaryl/α,β-unsaturated/α-hetero) is 1. The SMILES string of the molecule is CCCCc1nc2c(N)nc3ccccc3c2n1CCCCNS(=O)(=O)CC12CC[C@](C)(CC1=O)C2(C)C. The minimum Gasteiger partial charge on any atom is -0.382 e. The maximum absolute atomic E-state index is 13.1.